The van der Waals surface area contributed by atoms with E-state index in [-0.39, 0.29) is 5.84 Å². The zero-order chi connectivity index (χ0) is 9.68. The lowest BCUT2D eigenvalue weighted by Crippen LogP contribution is -2.52. The van der Waals surface area contributed by atoms with Crippen molar-refractivity contribution in [2.45, 2.75) is 0 Å². The summed E-state index contributed by atoms with van der Waals surface area (Å²) in [5, 5.41) is 13.3. The van der Waals surface area contributed by atoms with Crippen molar-refractivity contribution in [3.8, 4) is 0 Å². The molecule has 1 saturated heterocycles. The predicted molar refractivity (Wildman–Crippen MR) is 50.5 cm³/mol. The molecule has 1 aliphatic heterocycles. The standard InChI is InChI=1S/C7H17N5O/c1-11-2-4-12(5-3-11)9-6-7(8)10-13/h9,13H,2-6H2,1H3,(H2,8,10). The van der Waals surface area contributed by atoms with E-state index in [4.69, 9.17) is 10.9 Å². The van der Waals surface area contributed by atoms with Crippen LogP contribution in [-0.2, 0) is 0 Å². The van der Waals surface area contributed by atoms with Crippen LogP contribution in [0.3, 0.4) is 0 Å². The number of nitrogens with two attached hydrogens (primary N) is 1. The maximum atomic E-state index is 8.30. The molecule has 0 saturated carbocycles. The molecule has 76 valence electrons. The molecule has 0 atom stereocenters. The molecule has 1 fully saturated rings. The quantitative estimate of drug-likeness (QED) is 0.217. The summed E-state index contributed by atoms with van der Waals surface area (Å²) in [4.78, 5) is 2.27. The summed E-state index contributed by atoms with van der Waals surface area (Å²) in [6.45, 7) is 4.43. The minimum Gasteiger partial charge on any atom is -0.409 e. The first-order chi connectivity index (χ1) is 6.22. The van der Waals surface area contributed by atoms with Crippen molar-refractivity contribution < 1.29 is 5.21 Å². The number of nitrogens with one attached hydrogen (secondary N) is 1. The molecule has 1 heterocycles. The van der Waals surface area contributed by atoms with Crippen molar-refractivity contribution in [2.24, 2.45) is 10.9 Å². The SMILES string of the molecule is CN1CCN(NC/C(N)=N/O)CC1. The fraction of sp³-hybridized carbons (Fsp3) is 0.857. The molecule has 6 heteroatoms. The number of rotatable bonds is 3. The van der Waals surface area contributed by atoms with Crippen LogP contribution in [0.25, 0.3) is 0 Å². The number of likely N-dealkylation sites (N-methyl/N-ethyl adjacent to an activating group) is 1. The third-order valence-corrected chi connectivity index (χ3v) is 2.12. The third-order valence-electron chi connectivity index (χ3n) is 2.12. The first-order valence-electron chi connectivity index (χ1n) is 4.36. The number of hydrazine groups is 1. The van der Waals surface area contributed by atoms with Gasteiger partial charge in [0, 0.05) is 26.2 Å². The Kier molecular flexibility index (Phi) is 3.94. The van der Waals surface area contributed by atoms with E-state index in [0.29, 0.717) is 6.54 Å². The molecular weight excluding hydrogens is 170 g/mol. The van der Waals surface area contributed by atoms with Gasteiger partial charge in [0.25, 0.3) is 0 Å². The summed E-state index contributed by atoms with van der Waals surface area (Å²) in [7, 11) is 2.10. The van der Waals surface area contributed by atoms with E-state index >= 15 is 0 Å². The molecule has 0 aromatic rings. The summed E-state index contributed by atoms with van der Waals surface area (Å²) >= 11 is 0. The van der Waals surface area contributed by atoms with Gasteiger partial charge < -0.3 is 15.8 Å². The third kappa shape index (κ3) is 3.58. The molecule has 6 nitrogen and oxygen atoms in total. The Hall–Kier alpha value is -0.850. The number of piperazine rings is 1. The smallest absolute Gasteiger partial charge is 0.154 e. The first kappa shape index (κ1) is 10.2. The van der Waals surface area contributed by atoms with Crippen molar-refractivity contribution >= 4 is 5.84 Å². The van der Waals surface area contributed by atoms with Gasteiger partial charge in [-0.25, -0.2) is 10.4 Å². The molecule has 13 heavy (non-hydrogen) atoms. The second kappa shape index (κ2) is 5.00. The van der Waals surface area contributed by atoms with Crippen molar-refractivity contribution in [3.63, 3.8) is 0 Å². The molecule has 0 aromatic carbocycles. The van der Waals surface area contributed by atoms with E-state index in [1.165, 1.54) is 0 Å². The Bertz CT molecular complexity index is 176. The van der Waals surface area contributed by atoms with Crippen LogP contribution in [0.1, 0.15) is 0 Å². The normalized spacial score (nSPS) is 22.1. The van der Waals surface area contributed by atoms with Crippen molar-refractivity contribution in [1.82, 2.24) is 15.3 Å². The molecule has 1 aliphatic rings. The van der Waals surface area contributed by atoms with Gasteiger partial charge in [0.1, 0.15) is 0 Å². The lowest BCUT2D eigenvalue weighted by molar-refractivity contribution is 0.111. The van der Waals surface area contributed by atoms with E-state index in [0.717, 1.165) is 26.2 Å². The average Bonchev–Trinajstić information content (AvgIpc) is 2.16. The summed E-state index contributed by atoms with van der Waals surface area (Å²) in [5.41, 5.74) is 8.40. The number of hydrogen-bond donors (Lipinski definition) is 3. The van der Waals surface area contributed by atoms with Gasteiger partial charge in [0.05, 0.1) is 6.54 Å². The highest BCUT2D eigenvalue weighted by Gasteiger charge is 2.12. The number of oxime groups is 1. The van der Waals surface area contributed by atoms with Crippen LogP contribution in [0.5, 0.6) is 0 Å². The summed E-state index contributed by atoms with van der Waals surface area (Å²) in [5.74, 6) is 0.207. The lowest BCUT2D eigenvalue weighted by Gasteiger charge is -2.32. The number of amidine groups is 1. The molecular formula is C7H17N5O. The molecule has 0 spiro atoms. The molecule has 0 unspecified atom stereocenters. The Labute approximate surface area is 77.9 Å². The first-order valence-corrected chi connectivity index (χ1v) is 4.36. The Morgan fingerprint density at radius 2 is 2.08 bits per heavy atom. The molecule has 0 bridgehead atoms. The van der Waals surface area contributed by atoms with Gasteiger partial charge in [-0.05, 0) is 7.05 Å². The average molecular weight is 187 g/mol. The molecule has 0 radical (unpaired) electrons. The van der Waals surface area contributed by atoms with E-state index in [1.54, 1.807) is 0 Å². The van der Waals surface area contributed by atoms with Crippen molar-refractivity contribution in [1.29, 1.82) is 0 Å². The lowest BCUT2D eigenvalue weighted by atomic mass is 10.4. The van der Waals surface area contributed by atoms with Gasteiger partial charge in [-0.15, -0.1) is 0 Å². The van der Waals surface area contributed by atoms with Crippen molar-refractivity contribution in [3.05, 3.63) is 0 Å². The molecule has 1 rings (SSSR count). The summed E-state index contributed by atoms with van der Waals surface area (Å²) < 4.78 is 0. The van der Waals surface area contributed by atoms with Gasteiger partial charge in [-0.1, -0.05) is 5.16 Å². The summed E-state index contributed by atoms with van der Waals surface area (Å²) in [6, 6.07) is 0. The second-order valence-electron chi connectivity index (χ2n) is 3.22. The monoisotopic (exact) mass is 187 g/mol. The topological polar surface area (TPSA) is 77.1 Å². The number of hydrogen-bond acceptors (Lipinski definition) is 5. The minimum absolute atomic E-state index is 0.207. The highest BCUT2D eigenvalue weighted by molar-refractivity contribution is 5.81. The van der Waals surface area contributed by atoms with Crippen LogP contribution in [0, 0.1) is 0 Å². The van der Waals surface area contributed by atoms with Crippen molar-refractivity contribution in [2.75, 3.05) is 39.8 Å². The van der Waals surface area contributed by atoms with Gasteiger partial charge in [0.15, 0.2) is 5.84 Å². The second-order valence-corrected chi connectivity index (χ2v) is 3.22. The van der Waals surface area contributed by atoms with Crippen LogP contribution < -0.4 is 11.2 Å². The van der Waals surface area contributed by atoms with E-state index in [9.17, 15) is 0 Å². The number of nitrogens with zero attached hydrogens (tertiary/aromatic N) is 3. The van der Waals surface area contributed by atoms with Crippen LogP contribution >= 0.6 is 0 Å². The Morgan fingerprint density at radius 3 is 2.62 bits per heavy atom. The van der Waals surface area contributed by atoms with Gasteiger partial charge in [0.2, 0.25) is 0 Å². The van der Waals surface area contributed by atoms with Crippen LogP contribution in [0.4, 0.5) is 0 Å². The zero-order valence-corrected chi connectivity index (χ0v) is 7.90. The zero-order valence-electron chi connectivity index (χ0n) is 7.90. The van der Waals surface area contributed by atoms with Gasteiger partial charge in [-0.3, -0.25) is 0 Å². The fourth-order valence-electron chi connectivity index (χ4n) is 1.19. The Balaban J connectivity index is 2.16. The summed E-state index contributed by atoms with van der Waals surface area (Å²) in [6.07, 6.45) is 0. The maximum Gasteiger partial charge on any atom is 0.154 e. The highest BCUT2D eigenvalue weighted by Crippen LogP contribution is 1.94. The minimum atomic E-state index is 0.207. The molecule has 0 aliphatic carbocycles. The predicted octanol–water partition coefficient (Wildman–Crippen LogP) is -1.52. The molecule has 0 aromatic heterocycles. The largest absolute Gasteiger partial charge is 0.409 e. The molecule has 0 amide bonds. The van der Waals surface area contributed by atoms with Gasteiger partial charge >= 0.3 is 0 Å². The van der Waals surface area contributed by atoms with E-state index < -0.39 is 0 Å². The Morgan fingerprint density at radius 1 is 1.46 bits per heavy atom. The fourth-order valence-corrected chi connectivity index (χ4v) is 1.19. The van der Waals surface area contributed by atoms with E-state index in [2.05, 4.69) is 27.5 Å². The maximum absolute atomic E-state index is 8.30. The molecule has 4 N–H and O–H groups in total. The van der Waals surface area contributed by atoms with Crippen LogP contribution in [-0.4, -0.2) is 60.7 Å². The van der Waals surface area contributed by atoms with Gasteiger partial charge in [-0.2, -0.15) is 0 Å². The van der Waals surface area contributed by atoms with Crippen LogP contribution in [0.15, 0.2) is 5.16 Å². The van der Waals surface area contributed by atoms with E-state index in [1.807, 2.05) is 0 Å². The highest BCUT2D eigenvalue weighted by atomic mass is 16.4. The van der Waals surface area contributed by atoms with Crippen LogP contribution in [0.2, 0.25) is 0 Å².